The minimum atomic E-state index is -0.228. The first kappa shape index (κ1) is 33.0. The molecule has 0 bridgehead atoms. The van der Waals surface area contributed by atoms with Crippen LogP contribution in [0.3, 0.4) is 0 Å². The van der Waals surface area contributed by atoms with Crippen molar-refractivity contribution in [1.29, 1.82) is 0 Å². The minimum Gasteiger partial charge on any atom is -1.00 e. The Hall–Kier alpha value is -5.87. The number of amides is 1. The predicted molar refractivity (Wildman–Crippen MR) is 186 cm³/mol. The zero-order chi connectivity index (χ0) is 33.2. The highest BCUT2D eigenvalue weighted by Gasteiger charge is 2.22. The van der Waals surface area contributed by atoms with Gasteiger partial charge in [0.05, 0.1) is 38.9 Å². The molecule has 0 atom stereocenters. The quantitative estimate of drug-likeness (QED) is 0.104. The number of benzene rings is 5. The Labute approximate surface area is 288 Å². The van der Waals surface area contributed by atoms with Crippen molar-refractivity contribution < 1.29 is 35.6 Å². The van der Waals surface area contributed by atoms with Gasteiger partial charge in [0.15, 0.2) is 17.1 Å². The van der Waals surface area contributed by atoms with Crippen molar-refractivity contribution in [1.82, 2.24) is 20.0 Å². The molecule has 1 aliphatic heterocycles. The summed E-state index contributed by atoms with van der Waals surface area (Å²) in [5.41, 5.74) is 6.08. The van der Waals surface area contributed by atoms with Gasteiger partial charge in [0.2, 0.25) is 11.3 Å². The molecule has 1 aliphatic carbocycles. The number of ether oxygens (including phenoxy) is 2. The van der Waals surface area contributed by atoms with Gasteiger partial charge in [-0.05, 0) is 48.0 Å². The van der Waals surface area contributed by atoms with Crippen molar-refractivity contribution >= 4 is 33.5 Å². The number of fused-ring (bicyclic) bond motifs is 4. The van der Waals surface area contributed by atoms with Gasteiger partial charge in [0.1, 0.15) is 42.5 Å². The van der Waals surface area contributed by atoms with Crippen molar-refractivity contribution in [3.05, 3.63) is 108 Å². The number of nitrogens with one attached hydrogen (secondary N) is 2. The lowest BCUT2D eigenvalue weighted by molar-refractivity contribution is -0.120. The SMILES string of the molecule is COc1ccc(-c2noc(CC(=O)NCNc3cc4oc5cc(=[N+](C)C)ccc-5nc4c4ccccc34)c2-c2ccc(OC)cc2)cc1.[Cl-]. The summed E-state index contributed by atoms with van der Waals surface area (Å²) < 4.78 is 24.9. The van der Waals surface area contributed by atoms with Gasteiger partial charge in [0.25, 0.3) is 0 Å². The summed E-state index contributed by atoms with van der Waals surface area (Å²) in [5.74, 6) is 2.37. The number of carbonyl (C=O) groups is 1. The first-order chi connectivity index (χ1) is 23.4. The number of carbonyl (C=O) groups excluding carboxylic acids is 1. The average molecular weight is 676 g/mol. The molecule has 1 amide bonds. The fourth-order valence-electron chi connectivity index (χ4n) is 5.76. The Bertz CT molecular complexity index is 2310. The number of halogens is 1. The summed E-state index contributed by atoms with van der Waals surface area (Å²) in [6, 6.07) is 31.1. The van der Waals surface area contributed by atoms with Crippen molar-refractivity contribution in [2.75, 3.05) is 40.3 Å². The van der Waals surface area contributed by atoms with Crippen LogP contribution in [0.25, 0.3) is 55.7 Å². The number of anilines is 1. The number of hydrogen-bond acceptors (Lipinski definition) is 8. The Morgan fingerprint density at radius 3 is 2.18 bits per heavy atom. The lowest BCUT2D eigenvalue weighted by Gasteiger charge is -2.14. The van der Waals surface area contributed by atoms with E-state index in [1.165, 1.54) is 0 Å². The molecular formula is C38H34ClN5O5. The van der Waals surface area contributed by atoms with E-state index in [1.54, 1.807) is 14.2 Å². The zero-order valence-electron chi connectivity index (χ0n) is 27.4. The third-order valence-electron chi connectivity index (χ3n) is 8.28. The van der Waals surface area contributed by atoms with Crippen molar-refractivity contribution in [2.24, 2.45) is 0 Å². The predicted octanol–water partition coefficient (Wildman–Crippen LogP) is 3.19. The van der Waals surface area contributed by atoms with E-state index in [4.69, 9.17) is 23.4 Å². The second kappa shape index (κ2) is 14.1. The number of hydrogen-bond donors (Lipinski definition) is 2. The molecule has 0 spiro atoms. The Morgan fingerprint density at radius 1 is 0.837 bits per heavy atom. The van der Waals surface area contributed by atoms with Crippen LogP contribution in [-0.4, -0.2) is 51.0 Å². The molecule has 1 aromatic heterocycles. The molecule has 0 saturated carbocycles. The molecular weight excluding hydrogens is 642 g/mol. The standard InChI is InChI=1S/C38H33N5O5.ClH/c1-43(2)25-13-18-30-32(19-25)47-34-20-31(28-7-5-6-8-29(28)38(34)41-30)39-22-40-35(44)21-33-36(23-9-14-26(45-3)15-10-23)37(42-48-33)24-11-16-27(46-4)17-12-24;/h5-20H,21-22H2,1-4H3,(H,40,44);1H. The van der Waals surface area contributed by atoms with Crippen molar-refractivity contribution in [3.63, 3.8) is 0 Å². The molecule has 2 N–H and O–H groups in total. The monoisotopic (exact) mass is 675 g/mol. The van der Waals surface area contributed by atoms with Crippen molar-refractivity contribution in [2.45, 2.75) is 6.42 Å². The van der Waals surface area contributed by atoms with Gasteiger partial charge < -0.3 is 41.5 Å². The molecule has 7 rings (SSSR count). The van der Waals surface area contributed by atoms with E-state index in [0.29, 0.717) is 22.8 Å². The molecule has 10 nitrogen and oxygen atoms in total. The molecule has 11 heteroatoms. The second-order valence-electron chi connectivity index (χ2n) is 11.5. The Morgan fingerprint density at radius 2 is 1.51 bits per heavy atom. The van der Waals surface area contributed by atoms with Crippen LogP contribution in [-0.2, 0) is 11.2 Å². The van der Waals surface area contributed by atoms with Gasteiger partial charge in [-0.15, -0.1) is 0 Å². The van der Waals surface area contributed by atoms with E-state index in [9.17, 15) is 4.79 Å². The molecule has 2 heterocycles. The van der Waals surface area contributed by atoms with E-state index in [1.807, 2.05) is 116 Å². The lowest BCUT2D eigenvalue weighted by atomic mass is 9.98. The maximum Gasteiger partial charge on any atom is 0.229 e. The molecule has 248 valence electrons. The third-order valence-corrected chi connectivity index (χ3v) is 8.28. The molecule has 4 aromatic carbocycles. The van der Waals surface area contributed by atoms with E-state index in [2.05, 4.69) is 15.8 Å². The highest BCUT2D eigenvalue weighted by atomic mass is 35.5. The molecule has 0 saturated heterocycles. The van der Waals surface area contributed by atoms with E-state index in [0.717, 1.165) is 61.2 Å². The fourth-order valence-corrected chi connectivity index (χ4v) is 5.76. The Balaban J connectivity index is 0.00000417. The molecule has 0 radical (unpaired) electrons. The molecule has 0 fully saturated rings. The summed E-state index contributed by atoms with van der Waals surface area (Å²) in [7, 11) is 7.22. The number of nitrogens with zero attached hydrogens (tertiary/aromatic N) is 3. The highest BCUT2D eigenvalue weighted by Crippen LogP contribution is 2.37. The summed E-state index contributed by atoms with van der Waals surface area (Å²) in [4.78, 5) is 18.3. The van der Waals surface area contributed by atoms with Crippen LogP contribution in [0.15, 0.2) is 106 Å². The average Bonchev–Trinajstić information content (AvgIpc) is 3.53. The molecule has 0 unspecified atom stereocenters. The zero-order valence-corrected chi connectivity index (χ0v) is 28.2. The second-order valence-corrected chi connectivity index (χ2v) is 11.5. The summed E-state index contributed by atoms with van der Waals surface area (Å²) in [6.07, 6.45) is -0.00981. The first-order valence-electron chi connectivity index (χ1n) is 15.5. The van der Waals surface area contributed by atoms with E-state index in [-0.39, 0.29) is 31.4 Å². The van der Waals surface area contributed by atoms with Crippen LogP contribution in [0.1, 0.15) is 5.76 Å². The number of methoxy groups -OCH3 is 2. The van der Waals surface area contributed by atoms with Gasteiger partial charge in [0, 0.05) is 34.2 Å². The van der Waals surface area contributed by atoms with E-state index < -0.39 is 0 Å². The maximum absolute atomic E-state index is 13.3. The van der Waals surface area contributed by atoms with Gasteiger partial charge in [-0.2, -0.15) is 0 Å². The largest absolute Gasteiger partial charge is 1.00 e. The van der Waals surface area contributed by atoms with Gasteiger partial charge in [-0.1, -0.05) is 41.6 Å². The first-order valence-corrected chi connectivity index (χ1v) is 15.5. The minimum absolute atomic E-state index is 0. The normalized spacial score (nSPS) is 10.9. The topological polar surface area (TPSA) is 115 Å². The smallest absolute Gasteiger partial charge is 0.229 e. The fraction of sp³-hybridized carbons (Fsp3) is 0.158. The Kier molecular flexibility index (Phi) is 9.50. The van der Waals surface area contributed by atoms with Gasteiger partial charge in [-0.3, -0.25) is 4.79 Å². The molecule has 49 heavy (non-hydrogen) atoms. The number of aromatic nitrogens is 2. The van der Waals surface area contributed by atoms with Crippen molar-refractivity contribution in [3.8, 4) is 45.3 Å². The third kappa shape index (κ3) is 6.63. The van der Waals surface area contributed by atoms with Crippen LogP contribution in [0.4, 0.5) is 5.69 Å². The molecule has 2 aliphatic rings. The van der Waals surface area contributed by atoms with Crippen LogP contribution < -0.4 is 42.4 Å². The van der Waals surface area contributed by atoms with Crippen LogP contribution >= 0.6 is 0 Å². The van der Waals surface area contributed by atoms with Crippen LogP contribution in [0.2, 0.25) is 0 Å². The summed E-state index contributed by atoms with van der Waals surface area (Å²) >= 11 is 0. The summed E-state index contributed by atoms with van der Waals surface area (Å²) in [6.45, 7) is 0.178. The molecule has 5 aromatic rings. The maximum atomic E-state index is 13.3. The van der Waals surface area contributed by atoms with Crippen LogP contribution in [0.5, 0.6) is 11.5 Å². The van der Waals surface area contributed by atoms with Gasteiger partial charge >= 0.3 is 0 Å². The highest BCUT2D eigenvalue weighted by molar-refractivity contribution is 6.10. The van der Waals surface area contributed by atoms with E-state index >= 15 is 0 Å². The number of rotatable bonds is 9. The van der Waals surface area contributed by atoms with Crippen LogP contribution in [0, 0.1) is 0 Å². The van der Waals surface area contributed by atoms with Gasteiger partial charge in [-0.25, -0.2) is 9.56 Å². The lowest BCUT2D eigenvalue weighted by Crippen LogP contribution is -3.00. The summed E-state index contributed by atoms with van der Waals surface area (Å²) in [5, 5.41) is 13.7.